The van der Waals surface area contributed by atoms with E-state index in [0.717, 1.165) is 21.9 Å². The lowest BCUT2D eigenvalue weighted by Crippen LogP contribution is -2.32. The number of para-hydroxylation sites is 1. The van der Waals surface area contributed by atoms with Crippen molar-refractivity contribution in [2.45, 2.75) is 5.41 Å². The van der Waals surface area contributed by atoms with E-state index in [-0.39, 0.29) is 0 Å². The van der Waals surface area contributed by atoms with Crippen LogP contribution >= 0.6 is 22.9 Å². The van der Waals surface area contributed by atoms with Gasteiger partial charge >= 0.3 is 0 Å². The molecule has 0 N–H and O–H groups in total. The standard InChI is InChI=1S/C31H17ClOS/c32-25-13-7-15-28-30(25)20-16-24-27(17-29(20)34-28)33-26-14-6-5-12-23(26)31(24)21-10-3-1-8-18(21)19-9-2-4-11-22(19)31/h1-17H. The molecule has 1 aliphatic carbocycles. The number of hydrogen-bond donors (Lipinski definition) is 0. The molecule has 0 fully saturated rings. The van der Waals surface area contributed by atoms with Gasteiger partial charge in [0.25, 0.3) is 0 Å². The van der Waals surface area contributed by atoms with E-state index in [2.05, 4.69) is 91.0 Å². The third kappa shape index (κ3) is 2.16. The minimum absolute atomic E-state index is 0.443. The summed E-state index contributed by atoms with van der Waals surface area (Å²) in [6.45, 7) is 0. The minimum Gasteiger partial charge on any atom is -0.457 e. The van der Waals surface area contributed by atoms with Gasteiger partial charge in [0, 0.05) is 36.3 Å². The largest absolute Gasteiger partial charge is 0.457 e. The van der Waals surface area contributed by atoms with Crippen molar-refractivity contribution in [3.8, 4) is 22.6 Å². The summed E-state index contributed by atoms with van der Waals surface area (Å²) in [4.78, 5) is 0. The second kappa shape index (κ2) is 6.50. The molecule has 2 heterocycles. The molecular weight excluding hydrogens is 456 g/mol. The Morgan fingerprint density at radius 1 is 0.588 bits per heavy atom. The molecule has 3 heteroatoms. The van der Waals surface area contributed by atoms with Crippen molar-refractivity contribution in [2.75, 3.05) is 0 Å². The lowest BCUT2D eigenvalue weighted by molar-refractivity contribution is 0.437. The summed E-state index contributed by atoms with van der Waals surface area (Å²) >= 11 is 8.50. The highest BCUT2D eigenvalue weighted by atomic mass is 35.5. The molecule has 1 spiro atoms. The summed E-state index contributed by atoms with van der Waals surface area (Å²) in [7, 11) is 0. The van der Waals surface area contributed by atoms with Crippen LogP contribution in [0.3, 0.4) is 0 Å². The molecule has 1 aliphatic heterocycles. The van der Waals surface area contributed by atoms with E-state index in [4.69, 9.17) is 16.3 Å². The van der Waals surface area contributed by atoms with Crippen molar-refractivity contribution in [3.63, 3.8) is 0 Å². The molecule has 0 saturated carbocycles. The number of hydrogen-bond acceptors (Lipinski definition) is 2. The number of fused-ring (bicyclic) bond motifs is 12. The van der Waals surface area contributed by atoms with Crippen LogP contribution in [0.1, 0.15) is 22.3 Å². The van der Waals surface area contributed by atoms with Gasteiger partial charge in [-0.3, -0.25) is 0 Å². The Bertz CT molecular complexity index is 1770. The molecule has 0 bridgehead atoms. The topological polar surface area (TPSA) is 9.23 Å². The fraction of sp³-hybridized carbons (Fsp3) is 0.0323. The minimum atomic E-state index is -0.443. The fourth-order valence-electron chi connectivity index (χ4n) is 6.13. The molecule has 0 amide bonds. The van der Waals surface area contributed by atoms with E-state index < -0.39 is 5.41 Å². The second-order valence-corrected chi connectivity index (χ2v) is 10.5. The van der Waals surface area contributed by atoms with Gasteiger partial charge in [-0.15, -0.1) is 11.3 Å². The molecule has 34 heavy (non-hydrogen) atoms. The Morgan fingerprint density at radius 3 is 2.03 bits per heavy atom. The van der Waals surface area contributed by atoms with Crippen LogP contribution in [0.25, 0.3) is 31.3 Å². The molecule has 0 unspecified atom stereocenters. The summed E-state index contributed by atoms with van der Waals surface area (Å²) < 4.78 is 8.99. The van der Waals surface area contributed by atoms with Crippen molar-refractivity contribution in [1.29, 1.82) is 0 Å². The molecule has 1 aromatic heterocycles. The first-order chi connectivity index (χ1) is 16.8. The smallest absolute Gasteiger partial charge is 0.133 e. The van der Waals surface area contributed by atoms with Crippen molar-refractivity contribution in [1.82, 2.24) is 0 Å². The summed E-state index contributed by atoms with van der Waals surface area (Å²) in [5, 5.41) is 3.11. The summed E-state index contributed by atoms with van der Waals surface area (Å²) in [5.74, 6) is 1.83. The average Bonchev–Trinajstić information content (AvgIpc) is 3.38. The Labute approximate surface area is 205 Å². The van der Waals surface area contributed by atoms with Gasteiger partial charge in [0.05, 0.1) is 5.41 Å². The van der Waals surface area contributed by atoms with Crippen LogP contribution in [0.5, 0.6) is 11.5 Å². The predicted octanol–water partition coefficient (Wildman–Crippen LogP) is 9.18. The molecule has 6 aromatic rings. The number of thiophene rings is 1. The van der Waals surface area contributed by atoms with Crippen molar-refractivity contribution >= 4 is 43.1 Å². The Kier molecular flexibility index (Phi) is 3.60. The number of rotatable bonds is 0. The van der Waals surface area contributed by atoms with Gasteiger partial charge in [-0.05, 0) is 52.6 Å². The molecule has 0 atom stereocenters. The van der Waals surface area contributed by atoms with Crippen LogP contribution in [0.4, 0.5) is 0 Å². The summed E-state index contributed by atoms with van der Waals surface area (Å²) in [5.41, 5.74) is 7.10. The fourth-order valence-corrected chi connectivity index (χ4v) is 7.61. The first-order valence-electron chi connectivity index (χ1n) is 11.4. The van der Waals surface area contributed by atoms with Crippen molar-refractivity contribution in [2.24, 2.45) is 0 Å². The monoisotopic (exact) mass is 472 g/mol. The van der Waals surface area contributed by atoms with E-state index in [0.29, 0.717) is 0 Å². The highest BCUT2D eigenvalue weighted by molar-refractivity contribution is 7.26. The van der Waals surface area contributed by atoms with Crippen LogP contribution in [-0.2, 0) is 5.41 Å². The molecule has 1 nitrogen and oxygen atoms in total. The van der Waals surface area contributed by atoms with Gasteiger partial charge in [0.2, 0.25) is 0 Å². The maximum Gasteiger partial charge on any atom is 0.133 e. The van der Waals surface area contributed by atoms with Gasteiger partial charge in [-0.2, -0.15) is 0 Å². The quantitative estimate of drug-likeness (QED) is 0.214. The summed E-state index contributed by atoms with van der Waals surface area (Å²) in [6, 6.07) is 36.8. The van der Waals surface area contributed by atoms with Crippen LogP contribution < -0.4 is 4.74 Å². The zero-order valence-electron chi connectivity index (χ0n) is 18.0. The van der Waals surface area contributed by atoms with Gasteiger partial charge in [-0.25, -0.2) is 0 Å². The van der Waals surface area contributed by atoms with Gasteiger partial charge in [0.15, 0.2) is 0 Å². The predicted molar refractivity (Wildman–Crippen MR) is 142 cm³/mol. The van der Waals surface area contributed by atoms with Crippen LogP contribution in [0.15, 0.2) is 103 Å². The molecule has 2 aliphatic rings. The molecule has 0 saturated heterocycles. The number of benzene rings is 5. The lowest BCUT2D eigenvalue weighted by Gasteiger charge is -2.39. The number of halogens is 1. The van der Waals surface area contributed by atoms with Gasteiger partial charge < -0.3 is 4.74 Å². The third-order valence-electron chi connectivity index (χ3n) is 7.41. The molecule has 5 aromatic carbocycles. The highest BCUT2D eigenvalue weighted by Crippen LogP contribution is 2.62. The average molecular weight is 473 g/mol. The van der Waals surface area contributed by atoms with E-state index in [1.165, 1.54) is 48.2 Å². The molecule has 8 rings (SSSR count). The zero-order valence-corrected chi connectivity index (χ0v) is 19.6. The first-order valence-corrected chi connectivity index (χ1v) is 12.6. The van der Waals surface area contributed by atoms with Crippen molar-refractivity contribution in [3.05, 3.63) is 130 Å². The van der Waals surface area contributed by atoms with Crippen LogP contribution in [0, 0.1) is 0 Å². The normalized spacial score (nSPS) is 14.5. The number of ether oxygens (including phenoxy) is 1. The molecule has 160 valence electrons. The Balaban J connectivity index is 1.60. The zero-order chi connectivity index (χ0) is 22.4. The van der Waals surface area contributed by atoms with E-state index in [9.17, 15) is 0 Å². The van der Waals surface area contributed by atoms with Crippen LogP contribution in [0.2, 0.25) is 5.02 Å². The Morgan fingerprint density at radius 2 is 1.26 bits per heavy atom. The third-order valence-corrected chi connectivity index (χ3v) is 8.85. The maximum absolute atomic E-state index is 6.73. The van der Waals surface area contributed by atoms with E-state index in [1.807, 2.05) is 12.1 Å². The molecular formula is C31H17ClOS. The van der Waals surface area contributed by atoms with Gasteiger partial charge in [-0.1, -0.05) is 84.4 Å². The van der Waals surface area contributed by atoms with Gasteiger partial charge in [0.1, 0.15) is 11.5 Å². The first kappa shape index (κ1) is 18.8. The van der Waals surface area contributed by atoms with Crippen molar-refractivity contribution < 1.29 is 4.74 Å². The second-order valence-electron chi connectivity index (χ2n) is 9.00. The Hall–Kier alpha value is -3.59. The van der Waals surface area contributed by atoms with Crippen LogP contribution in [-0.4, -0.2) is 0 Å². The SMILES string of the molecule is Clc1cccc2sc3cc4c(cc3c12)C1(c2ccccc2O4)c2ccccc2-c2ccccc21. The van der Waals surface area contributed by atoms with E-state index >= 15 is 0 Å². The highest BCUT2D eigenvalue weighted by Gasteiger charge is 2.51. The molecule has 0 radical (unpaired) electrons. The van der Waals surface area contributed by atoms with E-state index in [1.54, 1.807) is 11.3 Å². The maximum atomic E-state index is 6.73. The lowest BCUT2D eigenvalue weighted by atomic mass is 9.66. The summed E-state index contributed by atoms with van der Waals surface area (Å²) in [6.07, 6.45) is 0.